The Hall–Kier alpha value is -3.60. The molecule has 1 heterocycles. The first-order valence-corrected chi connectivity index (χ1v) is 9.08. The molecule has 0 aliphatic carbocycles. The normalized spacial score (nSPS) is 10.9. The molecule has 0 saturated carbocycles. The van der Waals surface area contributed by atoms with Gasteiger partial charge in [0, 0.05) is 7.05 Å². The maximum absolute atomic E-state index is 12.4. The number of para-hydroxylation sites is 2. The number of imidazole rings is 1. The molecule has 0 amide bonds. The number of esters is 1. The second kappa shape index (κ2) is 7.56. The lowest BCUT2D eigenvalue weighted by atomic mass is 10.0. The molecule has 0 fully saturated rings. The fourth-order valence-electron chi connectivity index (χ4n) is 3.28. The zero-order valence-electron chi connectivity index (χ0n) is 15.5. The lowest BCUT2D eigenvalue weighted by Crippen LogP contribution is -2.26. The third-order valence-corrected chi connectivity index (χ3v) is 4.80. The van der Waals surface area contributed by atoms with Crippen LogP contribution in [0.15, 0.2) is 83.7 Å². The second-order valence-electron chi connectivity index (χ2n) is 6.64. The van der Waals surface area contributed by atoms with E-state index in [1.54, 1.807) is 7.05 Å². The van der Waals surface area contributed by atoms with Gasteiger partial charge in [-0.2, -0.15) is 0 Å². The van der Waals surface area contributed by atoms with Gasteiger partial charge in [-0.25, -0.2) is 4.79 Å². The van der Waals surface area contributed by atoms with Gasteiger partial charge in [-0.05, 0) is 28.8 Å². The smallest absolute Gasteiger partial charge is 0.329 e. The van der Waals surface area contributed by atoms with Gasteiger partial charge >= 0.3 is 11.7 Å². The van der Waals surface area contributed by atoms with Crippen LogP contribution in [0.2, 0.25) is 0 Å². The maximum Gasteiger partial charge on any atom is 0.329 e. The summed E-state index contributed by atoms with van der Waals surface area (Å²) in [5.74, 6) is -0.439. The Morgan fingerprint density at radius 3 is 2.14 bits per heavy atom. The van der Waals surface area contributed by atoms with Gasteiger partial charge in [0.1, 0.15) is 13.2 Å². The van der Waals surface area contributed by atoms with E-state index in [2.05, 4.69) is 12.1 Å². The van der Waals surface area contributed by atoms with Crippen molar-refractivity contribution in [2.45, 2.75) is 13.2 Å². The first-order chi connectivity index (χ1) is 13.6. The van der Waals surface area contributed by atoms with E-state index in [-0.39, 0.29) is 18.8 Å². The molecule has 5 nitrogen and oxygen atoms in total. The highest BCUT2D eigenvalue weighted by Crippen LogP contribution is 2.19. The van der Waals surface area contributed by atoms with Gasteiger partial charge in [0.25, 0.3) is 0 Å². The number of hydrogen-bond acceptors (Lipinski definition) is 3. The zero-order valence-corrected chi connectivity index (χ0v) is 15.5. The van der Waals surface area contributed by atoms with Crippen LogP contribution in [0, 0.1) is 0 Å². The molecule has 0 aliphatic heterocycles. The summed E-state index contributed by atoms with van der Waals surface area (Å²) in [6.45, 7) is 0.0652. The molecular formula is C23H20N2O3. The van der Waals surface area contributed by atoms with Crippen molar-refractivity contribution >= 4 is 17.0 Å². The molecule has 1 aromatic heterocycles. The minimum atomic E-state index is -0.439. The summed E-state index contributed by atoms with van der Waals surface area (Å²) in [4.78, 5) is 24.7. The summed E-state index contributed by atoms with van der Waals surface area (Å²) in [5.41, 5.74) is 4.43. The summed E-state index contributed by atoms with van der Waals surface area (Å²) in [6, 6.07) is 25.4. The van der Waals surface area contributed by atoms with Crippen molar-refractivity contribution in [2.24, 2.45) is 7.05 Å². The first kappa shape index (κ1) is 17.8. The van der Waals surface area contributed by atoms with Crippen LogP contribution < -0.4 is 5.69 Å². The number of aromatic nitrogens is 2. The highest BCUT2D eigenvalue weighted by atomic mass is 16.5. The number of fused-ring (bicyclic) bond motifs is 1. The number of aryl methyl sites for hydroxylation is 1. The van der Waals surface area contributed by atoms with Gasteiger partial charge in [0.05, 0.1) is 11.0 Å². The Balaban J connectivity index is 1.43. The Bertz CT molecular complexity index is 1170. The fourth-order valence-corrected chi connectivity index (χ4v) is 3.28. The molecule has 3 aromatic carbocycles. The third-order valence-electron chi connectivity index (χ3n) is 4.80. The average Bonchev–Trinajstić information content (AvgIpc) is 2.98. The van der Waals surface area contributed by atoms with E-state index in [0.717, 1.165) is 27.7 Å². The monoisotopic (exact) mass is 372 g/mol. The number of ether oxygens (including phenoxy) is 1. The minimum Gasteiger partial charge on any atom is -0.459 e. The zero-order chi connectivity index (χ0) is 19.5. The molecule has 5 heteroatoms. The second-order valence-corrected chi connectivity index (χ2v) is 6.64. The Morgan fingerprint density at radius 2 is 1.43 bits per heavy atom. The van der Waals surface area contributed by atoms with Crippen molar-refractivity contribution < 1.29 is 9.53 Å². The van der Waals surface area contributed by atoms with Crippen LogP contribution in [0.25, 0.3) is 22.2 Å². The average molecular weight is 372 g/mol. The van der Waals surface area contributed by atoms with Crippen molar-refractivity contribution in [3.63, 3.8) is 0 Å². The molecule has 28 heavy (non-hydrogen) atoms. The highest BCUT2D eigenvalue weighted by Gasteiger charge is 2.14. The Morgan fingerprint density at radius 1 is 0.821 bits per heavy atom. The summed E-state index contributed by atoms with van der Waals surface area (Å²) < 4.78 is 8.36. The molecule has 0 bridgehead atoms. The third kappa shape index (κ3) is 3.47. The van der Waals surface area contributed by atoms with Crippen LogP contribution in [0.4, 0.5) is 0 Å². The van der Waals surface area contributed by atoms with Crippen LogP contribution in [0.1, 0.15) is 5.56 Å². The van der Waals surface area contributed by atoms with Crippen molar-refractivity contribution in [1.82, 2.24) is 9.13 Å². The van der Waals surface area contributed by atoms with Gasteiger partial charge in [0.15, 0.2) is 0 Å². The number of nitrogens with zero attached hydrogens (tertiary/aromatic N) is 2. The quantitative estimate of drug-likeness (QED) is 0.502. The van der Waals surface area contributed by atoms with Crippen LogP contribution in [-0.4, -0.2) is 15.1 Å². The van der Waals surface area contributed by atoms with E-state index in [1.807, 2.05) is 66.7 Å². The van der Waals surface area contributed by atoms with Gasteiger partial charge in [0.2, 0.25) is 0 Å². The Labute approximate surface area is 162 Å². The number of benzene rings is 3. The molecule has 140 valence electrons. The molecule has 0 aliphatic rings. The summed E-state index contributed by atoms with van der Waals surface area (Å²) in [7, 11) is 1.70. The highest BCUT2D eigenvalue weighted by molar-refractivity contribution is 5.78. The molecule has 0 spiro atoms. The topological polar surface area (TPSA) is 53.2 Å². The number of rotatable bonds is 5. The van der Waals surface area contributed by atoms with Crippen molar-refractivity contribution in [3.8, 4) is 11.1 Å². The van der Waals surface area contributed by atoms with Gasteiger partial charge < -0.3 is 4.74 Å². The summed E-state index contributed by atoms with van der Waals surface area (Å²) in [6.07, 6.45) is 0. The van der Waals surface area contributed by atoms with Crippen molar-refractivity contribution in [2.75, 3.05) is 0 Å². The molecule has 0 atom stereocenters. The number of hydrogen-bond donors (Lipinski definition) is 0. The molecule has 0 radical (unpaired) electrons. The molecule has 0 N–H and O–H groups in total. The first-order valence-electron chi connectivity index (χ1n) is 9.08. The molecule has 4 aromatic rings. The van der Waals surface area contributed by atoms with Gasteiger partial charge in [-0.3, -0.25) is 13.9 Å². The molecule has 4 rings (SSSR count). The maximum atomic E-state index is 12.4. The predicted octanol–water partition coefficient (Wildman–Crippen LogP) is 3.75. The van der Waals surface area contributed by atoms with Gasteiger partial charge in [-0.1, -0.05) is 66.7 Å². The van der Waals surface area contributed by atoms with Gasteiger partial charge in [-0.15, -0.1) is 0 Å². The van der Waals surface area contributed by atoms with Crippen molar-refractivity contribution in [3.05, 3.63) is 94.9 Å². The molecular weight excluding hydrogens is 352 g/mol. The van der Waals surface area contributed by atoms with E-state index in [4.69, 9.17) is 4.74 Å². The van der Waals surface area contributed by atoms with Crippen molar-refractivity contribution in [1.29, 1.82) is 0 Å². The van der Waals surface area contributed by atoms with Crippen LogP contribution in [0.5, 0.6) is 0 Å². The lowest BCUT2D eigenvalue weighted by molar-refractivity contribution is -0.145. The van der Waals surface area contributed by atoms with E-state index < -0.39 is 5.97 Å². The standard InChI is InChI=1S/C23H20N2O3/c1-24-20-9-5-6-10-21(20)25(23(24)27)15-22(26)28-16-17-11-13-19(14-12-17)18-7-3-2-4-8-18/h2-14H,15-16H2,1H3. The van der Waals surface area contributed by atoms with E-state index in [9.17, 15) is 9.59 Å². The Kier molecular flexibility index (Phi) is 4.81. The van der Waals surface area contributed by atoms with E-state index in [0.29, 0.717) is 0 Å². The predicted molar refractivity (Wildman–Crippen MR) is 109 cm³/mol. The summed E-state index contributed by atoms with van der Waals surface area (Å²) in [5, 5.41) is 0. The van der Waals surface area contributed by atoms with Crippen LogP contribution in [-0.2, 0) is 29.7 Å². The van der Waals surface area contributed by atoms with Crippen LogP contribution in [0.3, 0.4) is 0 Å². The van der Waals surface area contributed by atoms with E-state index >= 15 is 0 Å². The minimum absolute atomic E-state index is 0.109. The largest absolute Gasteiger partial charge is 0.459 e. The molecule has 0 unspecified atom stereocenters. The van der Waals surface area contributed by atoms with Crippen LogP contribution >= 0.6 is 0 Å². The molecule has 0 saturated heterocycles. The lowest BCUT2D eigenvalue weighted by Gasteiger charge is -2.07. The number of carbonyl (C=O) groups excluding carboxylic acids is 1. The summed E-state index contributed by atoms with van der Waals surface area (Å²) >= 11 is 0. The fraction of sp³-hybridized carbons (Fsp3) is 0.130. The van der Waals surface area contributed by atoms with E-state index in [1.165, 1.54) is 9.13 Å². The SMILES string of the molecule is Cn1c(=O)n(CC(=O)OCc2ccc(-c3ccccc3)cc2)c2ccccc21. The number of carbonyl (C=O) groups is 1.